The minimum Gasteiger partial charge on any atom is -0.490 e. The number of benzene rings is 1. The average Bonchev–Trinajstić information content (AvgIpc) is 3.55. The summed E-state index contributed by atoms with van der Waals surface area (Å²) in [6.45, 7) is 7.01. The monoisotopic (exact) mass is 442 g/mol. The first-order valence-corrected chi connectivity index (χ1v) is 12.7. The van der Waals surface area contributed by atoms with Crippen LogP contribution in [0.15, 0.2) is 12.1 Å². The molecule has 7 nitrogen and oxygen atoms in total. The summed E-state index contributed by atoms with van der Waals surface area (Å²) in [5.41, 5.74) is 2.42. The van der Waals surface area contributed by atoms with Gasteiger partial charge in [0.25, 0.3) is 0 Å². The molecule has 0 spiro atoms. The number of nitrogens with zero attached hydrogens (tertiary/aromatic N) is 3. The zero-order valence-electron chi connectivity index (χ0n) is 19.4. The third-order valence-electron chi connectivity index (χ3n) is 8.34. The van der Waals surface area contributed by atoms with Crippen LogP contribution in [-0.4, -0.2) is 62.2 Å². The molecule has 0 amide bonds. The Morgan fingerprint density at radius 1 is 1.03 bits per heavy atom. The van der Waals surface area contributed by atoms with Gasteiger partial charge in [-0.25, -0.2) is 0 Å². The minimum absolute atomic E-state index is 0.101. The molecule has 3 saturated heterocycles. The van der Waals surface area contributed by atoms with Crippen LogP contribution >= 0.6 is 0 Å². The van der Waals surface area contributed by atoms with Crippen molar-refractivity contribution in [3.05, 3.63) is 27.8 Å². The van der Waals surface area contributed by atoms with Gasteiger partial charge in [0.2, 0.25) is 0 Å². The molecular formula is C25H38N4O3. The van der Waals surface area contributed by atoms with Gasteiger partial charge in [-0.2, -0.15) is 0 Å². The highest BCUT2D eigenvalue weighted by Crippen LogP contribution is 2.48. The van der Waals surface area contributed by atoms with Crippen LogP contribution in [-0.2, 0) is 0 Å². The van der Waals surface area contributed by atoms with Crippen molar-refractivity contribution in [2.24, 2.45) is 11.8 Å². The number of piperidine rings is 2. The standard InChI is InChI=1S/C25H38N4O3/c1-32-25-16-23(22(20-2-3-20)15-24(25)29(30)31)28-12-7-21(8-13-28)27-10-5-18(6-11-27)14-19-4-9-26-17-19/h15-16,18-21,26H,2-14,17H2,1H3. The van der Waals surface area contributed by atoms with Crippen LogP contribution in [0.2, 0.25) is 0 Å². The summed E-state index contributed by atoms with van der Waals surface area (Å²) in [6, 6.07) is 4.39. The molecule has 3 aliphatic heterocycles. The van der Waals surface area contributed by atoms with Crippen molar-refractivity contribution in [3.63, 3.8) is 0 Å². The van der Waals surface area contributed by atoms with Gasteiger partial charge in [-0.1, -0.05) is 0 Å². The summed E-state index contributed by atoms with van der Waals surface area (Å²) in [5, 5.41) is 15.0. The smallest absolute Gasteiger partial charge is 0.311 e. The molecule has 1 aromatic carbocycles. The molecule has 4 aliphatic rings. The van der Waals surface area contributed by atoms with E-state index in [1.165, 1.54) is 71.8 Å². The van der Waals surface area contributed by atoms with E-state index in [2.05, 4.69) is 15.1 Å². The third kappa shape index (κ3) is 4.74. The summed E-state index contributed by atoms with van der Waals surface area (Å²) >= 11 is 0. The molecule has 0 bridgehead atoms. The lowest BCUT2D eigenvalue weighted by Crippen LogP contribution is -2.48. The van der Waals surface area contributed by atoms with Crippen LogP contribution in [0.1, 0.15) is 62.8 Å². The topological polar surface area (TPSA) is 70.9 Å². The first-order valence-electron chi connectivity index (χ1n) is 12.7. The lowest BCUT2D eigenvalue weighted by atomic mass is 9.86. The summed E-state index contributed by atoms with van der Waals surface area (Å²) in [5.74, 6) is 2.69. The van der Waals surface area contributed by atoms with Gasteiger partial charge in [0, 0.05) is 37.0 Å². The second-order valence-corrected chi connectivity index (χ2v) is 10.4. The molecule has 0 aromatic heterocycles. The highest BCUT2D eigenvalue weighted by Gasteiger charge is 2.34. The van der Waals surface area contributed by atoms with E-state index in [-0.39, 0.29) is 10.6 Å². The zero-order valence-corrected chi connectivity index (χ0v) is 19.4. The summed E-state index contributed by atoms with van der Waals surface area (Å²) < 4.78 is 5.39. The number of nitro benzene ring substituents is 1. The second kappa shape index (κ2) is 9.56. The van der Waals surface area contributed by atoms with E-state index in [1.807, 2.05) is 6.07 Å². The SMILES string of the molecule is COc1cc(N2CCC(N3CCC(CC4CCNC4)CC3)CC2)c(C2CC2)cc1[N+](=O)[O-]. The van der Waals surface area contributed by atoms with E-state index in [0.717, 1.165) is 49.0 Å². The van der Waals surface area contributed by atoms with Gasteiger partial charge in [-0.3, -0.25) is 10.1 Å². The molecule has 7 heteroatoms. The fraction of sp³-hybridized carbons (Fsp3) is 0.760. The second-order valence-electron chi connectivity index (χ2n) is 10.4. The minimum atomic E-state index is -0.312. The normalized spacial score (nSPS) is 25.9. The Balaban J connectivity index is 1.18. The first-order chi connectivity index (χ1) is 15.6. The molecule has 1 saturated carbocycles. The highest BCUT2D eigenvalue weighted by molar-refractivity contribution is 5.66. The molecule has 32 heavy (non-hydrogen) atoms. The van der Waals surface area contributed by atoms with Crippen molar-refractivity contribution in [2.45, 2.75) is 63.3 Å². The number of nitrogens with one attached hydrogen (secondary N) is 1. The molecule has 3 heterocycles. The lowest BCUT2D eigenvalue weighted by molar-refractivity contribution is -0.385. The van der Waals surface area contributed by atoms with Gasteiger partial charge in [0.15, 0.2) is 5.75 Å². The number of rotatable bonds is 7. The Kier molecular flexibility index (Phi) is 6.56. The number of likely N-dealkylation sites (tertiary alicyclic amines) is 1. The van der Waals surface area contributed by atoms with Gasteiger partial charge < -0.3 is 19.9 Å². The van der Waals surface area contributed by atoms with Gasteiger partial charge in [-0.05, 0) is 101 Å². The van der Waals surface area contributed by atoms with E-state index in [0.29, 0.717) is 17.7 Å². The van der Waals surface area contributed by atoms with Crippen LogP contribution in [0.4, 0.5) is 11.4 Å². The zero-order chi connectivity index (χ0) is 22.1. The van der Waals surface area contributed by atoms with Crippen LogP contribution < -0.4 is 15.0 Å². The van der Waals surface area contributed by atoms with Gasteiger partial charge in [0.1, 0.15) is 0 Å². The number of ether oxygens (including phenoxy) is 1. The van der Waals surface area contributed by atoms with Gasteiger partial charge in [0.05, 0.1) is 12.0 Å². The molecule has 1 aromatic rings. The van der Waals surface area contributed by atoms with Crippen LogP contribution in [0.3, 0.4) is 0 Å². The maximum atomic E-state index is 11.5. The van der Waals surface area contributed by atoms with Gasteiger partial charge >= 0.3 is 5.69 Å². The van der Waals surface area contributed by atoms with E-state index in [1.54, 1.807) is 6.07 Å². The van der Waals surface area contributed by atoms with Crippen LogP contribution in [0, 0.1) is 22.0 Å². The Morgan fingerprint density at radius 3 is 2.38 bits per heavy atom. The van der Waals surface area contributed by atoms with Crippen molar-refractivity contribution < 1.29 is 9.66 Å². The van der Waals surface area contributed by atoms with Crippen LogP contribution in [0.5, 0.6) is 5.75 Å². The molecule has 1 aliphatic carbocycles. The molecule has 1 N–H and O–H groups in total. The summed E-state index contributed by atoms with van der Waals surface area (Å²) in [4.78, 5) is 16.4. The Labute approximate surface area is 191 Å². The molecule has 5 rings (SSSR count). The van der Waals surface area contributed by atoms with Crippen LogP contribution in [0.25, 0.3) is 0 Å². The van der Waals surface area contributed by atoms with Gasteiger partial charge in [-0.15, -0.1) is 0 Å². The Morgan fingerprint density at radius 2 is 1.78 bits per heavy atom. The number of methoxy groups -OCH3 is 1. The van der Waals surface area contributed by atoms with Crippen molar-refractivity contribution in [1.29, 1.82) is 0 Å². The van der Waals surface area contributed by atoms with E-state index >= 15 is 0 Å². The van der Waals surface area contributed by atoms with Crippen molar-refractivity contribution in [2.75, 3.05) is 51.3 Å². The Hall–Kier alpha value is -1.86. The molecule has 176 valence electrons. The average molecular weight is 443 g/mol. The van der Waals surface area contributed by atoms with E-state index < -0.39 is 0 Å². The maximum absolute atomic E-state index is 11.5. The Bertz CT molecular complexity index is 806. The summed E-state index contributed by atoms with van der Waals surface area (Å²) in [6.07, 6.45) is 10.2. The van der Waals surface area contributed by atoms with Crippen molar-refractivity contribution >= 4 is 11.4 Å². The quantitative estimate of drug-likeness (QED) is 0.505. The van der Waals surface area contributed by atoms with Crippen molar-refractivity contribution in [1.82, 2.24) is 10.2 Å². The number of nitro groups is 1. The number of anilines is 1. The molecule has 1 atom stereocenters. The largest absolute Gasteiger partial charge is 0.490 e. The first kappa shape index (κ1) is 22.0. The fourth-order valence-corrected chi connectivity index (χ4v) is 6.29. The molecule has 1 unspecified atom stereocenters. The van der Waals surface area contributed by atoms with E-state index in [4.69, 9.17) is 4.74 Å². The van der Waals surface area contributed by atoms with E-state index in [9.17, 15) is 10.1 Å². The predicted octanol–water partition coefficient (Wildman–Crippen LogP) is 4.16. The maximum Gasteiger partial charge on any atom is 0.311 e. The van der Waals surface area contributed by atoms with Crippen molar-refractivity contribution in [3.8, 4) is 5.75 Å². The highest BCUT2D eigenvalue weighted by atomic mass is 16.6. The molecular weight excluding hydrogens is 404 g/mol. The molecule has 0 radical (unpaired) electrons. The molecule has 4 fully saturated rings. The fourth-order valence-electron chi connectivity index (χ4n) is 6.29. The third-order valence-corrected chi connectivity index (χ3v) is 8.34. The number of hydrogen-bond donors (Lipinski definition) is 1. The lowest BCUT2D eigenvalue weighted by Gasteiger charge is -2.43. The predicted molar refractivity (Wildman–Crippen MR) is 127 cm³/mol. The summed E-state index contributed by atoms with van der Waals surface area (Å²) in [7, 11) is 1.53. The number of hydrogen-bond acceptors (Lipinski definition) is 6.